The summed E-state index contributed by atoms with van der Waals surface area (Å²) < 4.78 is 0. The monoisotopic (exact) mass is 245 g/mol. The van der Waals surface area contributed by atoms with Crippen LogP contribution in [0.15, 0.2) is 47.6 Å². The third-order valence-corrected chi connectivity index (χ3v) is 2.99. The molecule has 2 rings (SSSR count). The van der Waals surface area contributed by atoms with Gasteiger partial charge in [0.05, 0.1) is 0 Å². The fraction of sp³-hybridized carbons (Fsp3) is 0.267. The Morgan fingerprint density at radius 1 is 1.00 bits per heavy atom. The van der Waals surface area contributed by atoms with E-state index >= 15 is 0 Å². The largest absolute Gasteiger partial charge is 0.263 e. The number of aryl methyl sites for hydroxylation is 1. The van der Waals surface area contributed by atoms with Crippen molar-refractivity contribution in [2.45, 2.75) is 25.7 Å². The van der Waals surface area contributed by atoms with E-state index in [1.54, 1.807) is 11.8 Å². The van der Waals surface area contributed by atoms with Gasteiger partial charge in [-0.1, -0.05) is 43.7 Å². The van der Waals surface area contributed by atoms with Crippen LogP contribution >= 0.6 is 11.8 Å². The van der Waals surface area contributed by atoms with Crippen LogP contribution in [0.25, 0.3) is 11.1 Å². The Morgan fingerprint density at radius 3 is 2.41 bits per heavy atom. The summed E-state index contributed by atoms with van der Waals surface area (Å²) in [6, 6.07) is 10.7. The van der Waals surface area contributed by atoms with Gasteiger partial charge in [0.25, 0.3) is 0 Å². The van der Waals surface area contributed by atoms with E-state index in [0.717, 1.165) is 0 Å². The molecule has 90 valence electrons. The van der Waals surface area contributed by atoms with E-state index in [2.05, 4.69) is 48.5 Å². The molecular weight excluding hydrogens is 226 g/mol. The van der Waals surface area contributed by atoms with Gasteiger partial charge >= 0.3 is 0 Å². The first kappa shape index (κ1) is 13.8. The van der Waals surface area contributed by atoms with Gasteiger partial charge in [0.2, 0.25) is 0 Å². The van der Waals surface area contributed by atoms with Crippen molar-refractivity contribution in [1.82, 2.24) is 4.98 Å². The lowest BCUT2D eigenvalue weighted by Crippen LogP contribution is -1.82. The molecule has 0 saturated carbocycles. The molecule has 0 radical (unpaired) electrons. The van der Waals surface area contributed by atoms with Crippen LogP contribution in [0, 0.1) is 6.92 Å². The molecule has 1 heterocycles. The molecule has 1 aromatic heterocycles. The highest BCUT2D eigenvalue weighted by molar-refractivity contribution is 7.98. The van der Waals surface area contributed by atoms with Gasteiger partial charge in [0.15, 0.2) is 0 Å². The molecule has 2 aromatic rings. The molecule has 0 saturated heterocycles. The molecule has 1 nitrogen and oxygen atoms in total. The second-order valence-electron chi connectivity index (χ2n) is 3.48. The topological polar surface area (TPSA) is 12.9 Å². The average Bonchev–Trinajstić information content (AvgIpc) is 2.41. The fourth-order valence-corrected chi connectivity index (χ4v) is 1.92. The number of pyridine rings is 1. The molecule has 0 aliphatic rings. The zero-order valence-electron chi connectivity index (χ0n) is 10.9. The van der Waals surface area contributed by atoms with Crippen molar-refractivity contribution in [1.29, 1.82) is 0 Å². The van der Waals surface area contributed by atoms with Crippen LogP contribution in [0.5, 0.6) is 0 Å². The molecule has 0 bridgehead atoms. The van der Waals surface area contributed by atoms with Crippen molar-refractivity contribution in [2.75, 3.05) is 6.26 Å². The average molecular weight is 245 g/mol. The van der Waals surface area contributed by atoms with Gasteiger partial charge < -0.3 is 0 Å². The minimum absolute atomic E-state index is 1.19. The van der Waals surface area contributed by atoms with E-state index in [4.69, 9.17) is 0 Å². The number of nitrogens with zero attached hydrogens (tertiary/aromatic N) is 1. The summed E-state index contributed by atoms with van der Waals surface area (Å²) in [7, 11) is 0. The first-order valence-corrected chi connectivity index (χ1v) is 7.08. The van der Waals surface area contributed by atoms with Crippen molar-refractivity contribution < 1.29 is 0 Å². The van der Waals surface area contributed by atoms with Crippen molar-refractivity contribution in [3.05, 3.63) is 48.3 Å². The lowest BCUT2D eigenvalue weighted by Gasteiger charge is -2.03. The van der Waals surface area contributed by atoms with Crippen molar-refractivity contribution in [3.8, 4) is 11.1 Å². The number of rotatable bonds is 2. The SMILES string of the molecule is CC.CSc1cncc(-c2cccc(C)c2)c1. The predicted molar refractivity (Wildman–Crippen MR) is 77.5 cm³/mol. The first-order chi connectivity index (χ1) is 8.29. The zero-order chi connectivity index (χ0) is 12.7. The minimum atomic E-state index is 1.19. The van der Waals surface area contributed by atoms with Crippen molar-refractivity contribution in [3.63, 3.8) is 0 Å². The normalized spacial score (nSPS) is 9.41. The molecule has 1 aromatic carbocycles. The summed E-state index contributed by atoms with van der Waals surface area (Å²) in [5.41, 5.74) is 3.70. The van der Waals surface area contributed by atoms with Crippen molar-refractivity contribution in [2.24, 2.45) is 0 Å². The Morgan fingerprint density at radius 2 is 1.76 bits per heavy atom. The van der Waals surface area contributed by atoms with Crippen LogP contribution in [-0.4, -0.2) is 11.2 Å². The van der Waals surface area contributed by atoms with Crippen LogP contribution < -0.4 is 0 Å². The number of hydrogen-bond donors (Lipinski definition) is 0. The summed E-state index contributed by atoms with van der Waals surface area (Å²) in [6.07, 6.45) is 5.87. The van der Waals surface area contributed by atoms with E-state index in [1.165, 1.54) is 21.6 Å². The number of aromatic nitrogens is 1. The summed E-state index contributed by atoms with van der Waals surface area (Å²) in [5.74, 6) is 0. The van der Waals surface area contributed by atoms with E-state index in [9.17, 15) is 0 Å². The van der Waals surface area contributed by atoms with Crippen LogP contribution in [0.2, 0.25) is 0 Å². The lowest BCUT2D eigenvalue weighted by atomic mass is 10.1. The second-order valence-corrected chi connectivity index (χ2v) is 4.36. The lowest BCUT2D eigenvalue weighted by molar-refractivity contribution is 1.24. The number of hydrogen-bond acceptors (Lipinski definition) is 2. The maximum atomic E-state index is 4.24. The van der Waals surface area contributed by atoms with Crippen LogP contribution in [-0.2, 0) is 0 Å². The molecule has 0 unspecified atom stereocenters. The summed E-state index contributed by atoms with van der Waals surface area (Å²) in [6.45, 7) is 6.11. The van der Waals surface area contributed by atoms with Crippen LogP contribution in [0.1, 0.15) is 19.4 Å². The van der Waals surface area contributed by atoms with E-state index in [-0.39, 0.29) is 0 Å². The zero-order valence-corrected chi connectivity index (χ0v) is 11.7. The van der Waals surface area contributed by atoms with Gasteiger partial charge in [0, 0.05) is 22.9 Å². The number of benzene rings is 1. The van der Waals surface area contributed by atoms with E-state index < -0.39 is 0 Å². The Kier molecular flexibility index (Phi) is 5.78. The number of thioether (sulfide) groups is 1. The molecular formula is C15H19NS. The Hall–Kier alpha value is -1.28. The molecule has 0 aliphatic heterocycles. The predicted octanol–water partition coefficient (Wildman–Crippen LogP) is 4.81. The maximum Gasteiger partial charge on any atom is 0.0404 e. The third-order valence-electron chi connectivity index (χ3n) is 2.30. The molecule has 2 heteroatoms. The highest BCUT2D eigenvalue weighted by atomic mass is 32.2. The quantitative estimate of drug-likeness (QED) is 0.704. The minimum Gasteiger partial charge on any atom is -0.263 e. The Balaban J connectivity index is 0.000000686. The Bertz CT molecular complexity index is 466. The summed E-state index contributed by atoms with van der Waals surface area (Å²) in [4.78, 5) is 5.44. The van der Waals surface area contributed by atoms with Gasteiger partial charge in [-0.25, -0.2) is 0 Å². The third kappa shape index (κ3) is 3.90. The van der Waals surface area contributed by atoms with Crippen molar-refractivity contribution >= 4 is 11.8 Å². The molecule has 17 heavy (non-hydrogen) atoms. The highest BCUT2D eigenvalue weighted by Gasteiger charge is 1.99. The first-order valence-electron chi connectivity index (χ1n) is 5.85. The molecule has 0 amide bonds. The Labute approximate surface area is 108 Å². The standard InChI is InChI=1S/C13H13NS.C2H6/c1-10-4-3-5-11(6-10)12-7-13(15-2)9-14-8-12;1-2/h3-9H,1-2H3;1-2H3. The fourth-order valence-electron chi connectivity index (χ4n) is 1.51. The summed E-state index contributed by atoms with van der Waals surface area (Å²) in [5, 5.41) is 0. The van der Waals surface area contributed by atoms with Gasteiger partial charge in [-0.05, 0) is 24.8 Å². The molecule has 0 N–H and O–H groups in total. The van der Waals surface area contributed by atoms with Crippen LogP contribution in [0.3, 0.4) is 0 Å². The maximum absolute atomic E-state index is 4.24. The van der Waals surface area contributed by atoms with Gasteiger partial charge in [-0.3, -0.25) is 4.98 Å². The van der Waals surface area contributed by atoms with Crippen LogP contribution in [0.4, 0.5) is 0 Å². The van der Waals surface area contributed by atoms with Gasteiger partial charge in [-0.2, -0.15) is 0 Å². The second kappa shape index (κ2) is 7.13. The molecule has 0 aliphatic carbocycles. The van der Waals surface area contributed by atoms with E-state index in [0.29, 0.717) is 0 Å². The molecule has 0 fully saturated rings. The molecule has 0 atom stereocenters. The van der Waals surface area contributed by atoms with Gasteiger partial charge in [0.1, 0.15) is 0 Å². The van der Waals surface area contributed by atoms with E-state index in [1.807, 2.05) is 26.2 Å². The molecule has 0 spiro atoms. The van der Waals surface area contributed by atoms with Gasteiger partial charge in [-0.15, -0.1) is 11.8 Å². The summed E-state index contributed by atoms with van der Waals surface area (Å²) >= 11 is 1.72. The smallest absolute Gasteiger partial charge is 0.0404 e. The highest BCUT2D eigenvalue weighted by Crippen LogP contribution is 2.23.